The number of anilines is 2. The number of benzene rings is 2. The zero-order valence-electron chi connectivity index (χ0n) is 13.0. The van der Waals surface area contributed by atoms with Gasteiger partial charge in [0.25, 0.3) is 0 Å². The molecular formula is C19H23N. The van der Waals surface area contributed by atoms with Crippen molar-refractivity contribution in [3.8, 4) is 0 Å². The van der Waals surface area contributed by atoms with Crippen molar-refractivity contribution >= 4 is 11.4 Å². The lowest BCUT2D eigenvalue weighted by atomic mass is 9.87. The predicted molar refractivity (Wildman–Crippen MR) is 87.0 cm³/mol. The van der Waals surface area contributed by atoms with E-state index >= 15 is 0 Å². The molecule has 0 saturated heterocycles. The molecule has 0 aromatic heterocycles. The fourth-order valence-corrected chi connectivity index (χ4v) is 2.76. The Morgan fingerprint density at radius 3 is 1.95 bits per heavy atom. The Labute approximate surface area is 122 Å². The van der Waals surface area contributed by atoms with E-state index in [1.165, 1.54) is 22.4 Å². The second kappa shape index (κ2) is 4.12. The van der Waals surface area contributed by atoms with Gasteiger partial charge in [0.15, 0.2) is 0 Å². The van der Waals surface area contributed by atoms with Crippen molar-refractivity contribution < 1.29 is 0 Å². The first-order valence-corrected chi connectivity index (χ1v) is 7.31. The first-order valence-electron chi connectivity index (χ1n) is 7.31. The zero-order valence-corrected chi connectivity index (χ0v) is 13.0. The molecule has 0 bridgehead atoms. The second-order valence-corrected chi connectivity index (χ2v) is 7.34. The molecule has 20 heavy (non-hydrogen) atoms. The molecule has 0 atom stereocenters. The Morgan fingerprint density at radius 1 is 0.800 bits per heavy atom. The van der Waals surface area contributed by atoms with Crippen LogP contribution < -0.4 is 5.32 Å². The first kappa shape index (κ1) is 13.2. The van der Waals surface area contributed by atoms with Gasteiger partial charge in [-0.05, 0) is 46.4 Å². The minimum atomic E-state index is 0.209. The van der Waals surface area contributed by atoms with E-state index in [1.807, 2.05) is 0 Å². The van der Waals surface area contributed by atoms with Gasteiger partial charge >= 0.3 is 0 Å². The molecule has 2 aromatic carbocycles. The summed E-state index contributed by atoms with van der Waals surface area (Å²) in [5, 5.41) is 3.49. The van der Waals surface area contributed by atoms with Gasteiger partial charge in [-0.15, -0.1) is 0 Å². The van der Waals surface area contributed by atoms with Crippen LogP contribution >= 0.6 is 0 Å². The quantitative estimate of drug-likeness (QED) is 0.770. The largest absolute Gasteiger partial charge is 0.356 e. The van der Waals surface area contributed by atoms with E-state index in [0.717, 1.165) is 5.69 Å². The maximum atomic E-state index is 3.49. The van der Waals surface area contributed by atoms with Crippen LogP contribution in [0.2, 0.25) is 0 Å². The van der Waals surface area contributed by atoms with E-state index in [1.54, 1.807) is 0 Å². The van der Waals surface area contributed by atoms with Gasteiger partial charge in [-0.25, -0.2) is 0 Å². The standard InChI is InChI=1S/C19H23N/c1-18(2,3)13-6-8-14(9-7-13)20-15-10-11-16-17(12-15)19(16,4)5/h6-12,20H,1-5H3. The van der Waals surface area contributed by atoms with Crippen molar-refractivity contribution in [1.29, 1.82) is 0 Å². The summed E-state index contributed by atoms with van der Waals surface area (Å²) in [5.74, 6) is 0. The monoisotopic (exact) mass is 265 g/mol. The molecule has 2 aromatic rings. The molecule has 0 fully saturated rings. The molecule has 0 spiro atoms. The van der Waals surface area contributed by atoms with E-state index in [4.69, 9.17) is 0 Å². The molecule has 0 amide bonds. The average Bonchev–Trinajstić information content (AvgIpc) is 2.91. The highest BCUT2D eigenvalue weighted by molar-refractivity contribution is 5.68. The lowest BCUT2D eigenvalue weighted by molar-refractivity contribution is 0.590. The summed E-state index contributed by atoms with van der Waals surface area (Å²) in [7, 11) is 0. The molecule has 0 radical (unpaired) electrons. The number of fused-ring (bicyclic) bond motifs is 1. The maximum absolute atomic E-state index is 3.49. The zero-order chi connectivity index (χ0) is 14.5. The van der Waals surface area contributed by atoms with Crippen molar-refractivity contribution in [3.63, 3.8) is 0 Å². The third-order valence-corrected chi connectivity index (χ3v) is 4.34. The van der Waals surface area contributed by atoms with Crippen LogP contribution in [0.5, 0.6) is 0 Å². The van der Waals surface area contributed by atoms with Crippen LogP contribution in [0.1, 0.15) is 51.3 Å². The predicted octanol–water partition coefficient (Wildman–Crippen LogP) is 5.37. The Kier molecular flexibility index (Phi) is 2.72. The van der Waals surface area contributed by atoms with E-state index in [0.29, 0.717) is 0 Å². The van der Waals surface area contributed by atoms with Crippen LogP contribution in [0.3, 0.4) is 0 Å². The van der Waals surface area contributed by atoms with Crippen molar-refractivity contribution in [2.24, 2.45) is 0 Å². The minimum Gasteiger partial charge on any atom is -0.356 e. The van der Waals surface area contributed by atoms with Gasteiger partial charge in [-0.2, -0.15) is 0 Å². The second-order valence-electron chi connectivity index (χ2n) is 7.34. The SMILES string of the molecule is CC(C)(C)c1ccc(Nc2ccc3c(c2)C3(C)C)cc1. The third kappa shape index (κ3) is 2.22. The fraction of sp³-hybridized carbons (Fsp3) is 0.368. The number of rotatable bonds is 2. The summed E-state index contributed by atoms with van der Waals surface area (Å²) in [4.78, 5) is 0. The Balaban J connectivity index is 1.78. The fourth-order valence-electron chi connectivity index (χ4n) is 2.76. The molecule has 1 aliphatic rings. The molecule has 104 valence electrons. The highest BCUT2D eigenvalue weighted by atomic mass is 14.9. The van der Waals surface area contributed by atoms with Crippen LogP contribution in [-0.4, -0.2) is 0 Å². The molecule has 1 heteroatoms. The van der Waals surface area contributed by atoms with Crippen LogP contribution in [0, 0.1) is 0 Å². The van der Waals surface area contributed by atoms with Gasteiger partial charge in [0.2, 0.25) is 0 Å². The van der Waals surface area contributed by atoms with Crippen LogP contribution in [-0.2, 0) is 10.8 Å². The lowest BCUT2D eigenvalue weighted by Crippen LogP contribution is -2.10. The van der Waals surface area contributed by atoms with E-state index in [-0.39, 0.29) is 10.8 Å². The molecule has 3 rings (SSSR count). The molecule has 1 N–H and O–H groups in total. The summed E-state index contributed by atoms with van der Waals surface area (Å²) in [5.41, 5.74) is 7.13. The van der Waals surface area contributed by atoms with Crippen molar-refractivity contribution in [2.75, 3.05) is 5.32 Å². The minimum absolute atomic E-state index is 0.209. The third-order valence-electron chi connectivity index (χ3n) is 4.34. The maximum Gasteiger partial charge on any atom is 0.0387 e. The number of hydrogen-bond acceptors (Lipinski definition) is 1. The number of nitrogens with one attached hydrogen (secondary N) is 1. The summed E-state index contributed by atoms with van der Waals surface area (Å²) in [6.07, 6.45) is 0. The summed E-state index contributed by atoms with van der Waals surface area (Å²) >= 11 is 0. The highest BCUT2D eigenvalue weighted by Gasteiger charge is 2.41. The molecule has 0 heterocycles. The Morgan fingerprint density at radius 2 is 1.40 bits per heavy atom. The number of hydrogen-bond donors (Lipinski definition) is 1. The lowest BCUT2D eigenvalue weighted by Gasteiger charge is -2.19. The summed E-state index contributed by atoms with van der Waals surface area (Å²) < 4.78 is 0. The van der Waals surface area contributed by atoms with Gasteiger partial charge in [-0.1, -0.05) is 52.8 Å². The Hall–Kier alpha value is -1.76. The smallest absolute Gasteiger partial charge is 0.0387 e. The Bertz CT molecular complexity index is 642. The van der Waals surface area contributed by atoms with Gasteiger partial charge in [0, 0.05) is 16.8 Å². The van der Waals surface area contributed by atoms with Crippen LogP contribution in [0.25, 0.3) is 0 Å². The van der Waals surface area contributed by atoms with Gasteiger partial charge < -0.3 is 5.32 Å². The average molecular weight is 265 g/mol. The molecule has 1 aliphatic carbocycles. The normalized spacial score (nSPS) is 15.7. The molecule has 0 aliphatic heterocycles. The van der Waals surface area contributed by atoms with Crippen molar-refractivity contribution in [3.05, 3.63) is 59.2 Å². The van der Waals surface area contributed by atoms with E-state index < -0.39 is 0 Å². The van der Waals surface area contributed by atoms with Crippen LogP contribution in [0.15, 0.2) is 42.5 Å². The first-order chi connectivity index (χ1) is 9.28. The molecule has 0 saturated carbocycles. The van der Waals surface area contributed by atoms with Gasteiger partial charge in [0.05, 0.1) is 0 Å². The summed E-state index contributed by atoms with van der Waals surface area (Å²) in [6, 6.07) is 15.4. The van der Waals surface area contributed by atoms with E-state index in [2.05, 4.69) is 82.4 Å². The molecule has 1 nitrogen and oxygen atoms in total. The van der Waals surface area contributed by atoms with Gasteiger partial charge in [-0.3, -0.25) is 0 Å². The molecule has 0 unspecified atom stereocenters. The molecular weight excluding hydrogens is 242 g/mol. The van der Waals surface area contributed by atoms with Crippen LogP contribution in [0.4, 0.5) is 11.4 Å². The summed E-state index contributed by atoms with van der Waals surface area (Å²) in [6.45, 7) is 11.3. The van der Waals surface area contributed by atoms with Crippen molar-refractivity contribution in [2.45, 2.75) is 45.4 Å². The van der Waals surface area contributed by atoms with Gasteiger partial charge in [0.1, 0.15) is 0 Å². The van der Waals surface area contributed by atoms with Crippen molar-refractivity contribution in [1.82, 2.24) is 0 Å². The highest BCUT2D eigenvalue weighted by Crippen LogP contribution is 2.50. The van der Waals surface area contributed by atoms with E-state index in [9.17, 15) is 0 Å². The topological polar surface area (TPSA) is 12.0 Å².